The highest BCUT2D eigenvalue weighted by atomic mass is 31.2. The van der Waals surface area contributed by atoms with Crippen LogP contribution < -0.4 is 5.73 Å². The van der Waals surface area contributed by atoms with E-state index in [4.69, 9.17) is 24.3 Å². The van der Waals surface area contributed by atoms with Gasteiger partial charge >= 0.3 is 13.8 Å². The molecule has 2 atom stereocenters. The molecule has 0 aliphatic rings. The highest BCUT2D eigenvalue weighted by Gasteiger charge is 2.25. The zero-order valence-electron chi connectivity index (χ0n) is 34.6. The predicted octanol–water partition coefficient (Wildman–Crippen LogP) is 13.3. The first-order valence-electron chi connectivity index (χ1n) is 22.5. The zero-order valence-corrected chi connectivity index (χ0v) is 35.5. The van der Waals surface area contributed by atoms with Gasteiger partial charge in [0.1, 0.15) is 6.10 Å². The Kier molecular flexibility index (Phi) is 41.3. The van der Waals surface area contributed by atoms with E-state index in [1.807, 2.05) is 0 Å². The minimum Gasteiger partial charge on any atom is -0.457 e. The summed E-state index contributed by atoms with van der Waals surface area (Å²) in [5, 5.41) is 0. The fourth-order valence-corrected chi connectivity index (χ4v) is 7.47. The van der Waals surface area contributed by atoms with Gasteiger partial charge in [-0.05, 0) is 12.8 Å². The highest BCUT2D eigenvalue weighted by molar-refractivity contribution is 7.47. The van der Waals surface area contributed by atoms with Crippen molar-refractivity contribution in [3.63, 3.8) is 0 Å². The summed E-state index contributed by atoms with van der Waals surface area (Å²) in [6.45, 7) is 4.98. The molecular formula is C43H88NO7P. The Bertz CT molecular complexity index is 772. The molecule has 312 valence electrons. The number of phosphoric ester groups is 1. The molecule has 0 aliphatic carbocycles. The Morgan fingerprint density at radius 2 is 0.846 bits per heavy atom. The summed E-state index contributed by atoms with van der Waals surface area (Å²) in [6.07, 6.45) is 42.6. The fourth-order valence-electron chi connectivity index (χ4n) is 6.70. The summed E-state index contributed by atoms with van der Waals surface area (Å²) in [7, 11) is -4.27. The predicted molar refractivity (Wildman–Crippen MR) is 220 cm³/mol. The summed E-state index contributed by atoms with van der Waals surface area (Å²) in [5.41, 5.74) is 5.37. The molecule has 2 unspecified atom stereocenters. The first-order chi connectivity index (χ1) is 25.4. The average molecular weight is 762 g/mol. The van der Waals surface area contributed by atoms with E-state index in [0.717, 1.165) is 32.1 Å². The molecule has 52 heavy (non-hydrogen) atoms. The van der Waals surface area contributed by atoms with Crippen molar-refractivity contribution in [2.75, 3.05) is 33.0 Å². The molecule has 0 saturated carbocycles. The third kappa shape index (κ3) is 40.7. The molecule has 0 aromatic carbocycles. The van der Waals surface area contributed by atoms with Crippen LogP contribution in [-0.2, 0) is 27.9 Å². The number of hydrogen-bond acceptors (Lipinski definition) is 7. The van der Waals surface area contributed by atoms with Crippen LogP contribution in [0.1, 0.15) is 232 Å². The van der Waals surface area contributed by atoms with Crippen LogP contribution in [0.15, 0.2) is 0 Å². The van der Waals surface area contributed by atoms with E-state index in [0.29, 0.717) is 13.0 Å². The van der Waals surface area contributed by atoms with Crippen molar-refractivity contribution in [3.8, 4) is 0 Å². The molecule has 0 bridgehead atoms. The highest BCUT2D eigenvalue weighted by Crippen LogP contribution is 2.43. The van der Waals surface area contributed by atoms with Crippen LogP contribution in [0.4, 0.5) is 0 Å². The molecule has 8 nitrogen and oxygen atoms in total. The first-order valence-corrected chi connectivity index (χ1v) is 24.0. The number of nitrogens with two attached hydrogens (primary N) is 1. The molecule has 3 N–H and O–H groups in total. The molecule has 0 radical (unpaired) electrons. The van der Waals surface area contributed by atoms with Crippen molar-refractivity contribution >= 4 is 13.8 Å². The summed E-state index contributed by atoms with van der Waals surface area (Å²) in [6, 6.07) is 0. The van der Waals surface area contributed by atoms with Gasteiger partial charge in [-0.25, -0.2) is 4.57 Å². The van der Waals surface area contributed by atoms with Crippen LogP contribution in [0.25, 0.3) is 0 Å². The van der Waals surface area contributed by atoms with Crippen molar-refractivity contribution in [2.24, 2.45) is 5.73 Å². The van der Waals surface area contributed by atoms with Crippen LogP contribution >= 0.6 is 7.82 Å². The first kappa shape index (κ1) is 51.5. The Morgan fingerprint density at radius 3 is 1.21 bits per heavy atom. The second-order valence-corrected chi connectivity index (χ2v) is 16.7. The maximum atomic E-state index is 12.6. The lowest BCUT2D eigenvalue weighted by molar-refractivity contribution is -0.154. The number of carbonyl (C=O) groups is 1. The third-order valence-corrected chi connectivity index (χ3v) is 11.0. The van der Waals surface area contributed by atoms with E-state index >= 15 is 0 Å². The van der Waals surface area contributed by atoms with Gasteiger partial charge in [0.05, 0.1) is 19.8 Å². The van der Waals surface area contributed by atoms with E-state index in [2.05, 4.69) is 13.8 Å². The summed E-state index contributed by atoms with van der Waals surface area (Å²) >= 11 is 0. The Hall–Kier alpha value is -0.500. The maximum absolute atomic E-state index is 12.6. The molecule has 0 saturated heterocycles. The number of rotatable bonds is 44. The average Bonchev–Trinajstić information content (AvgIpc) is 3.13. The minimum absolute atomic E-state index is 0.0901. The van der Waals surface area contributed by atoms with Gasteiger partial charge in [-0.3, -0.25) is 13.8 Å². The molecule has 0 aliphatic heterocycles. The van der Waals surface area contributed by atoms with Gasteiger partial charge in [-0.1, -0.05) is 213 Å². The minimum atomic E-state index is -4.27. The third-order valence-electron chi connectivity index (χ3n) is 10.0. The SMILES string of the molecule is CCCCCCCCCCCCCCCCCCCCCCCC(=O)OC(COCCCCCCCCCCCCCC)COP(=O)(O)OCCN. The van der Waals surface area contributed by atoms with E-state index in [1.54, 1.807) is 0 Å². The van der Waals surface area contributed by atoms with Gasteiger partial charge in [-0.2, -0.15) is 0 Å². The van der Waals surface area contributed by atoms with E-state index in [1.165, 1.54) is 180 Å². The van der Waals surface area contributed by atoms with Crippen LogP contribution in [0, 0.1) is 0 Å². The summed E-state index contributed by atoms with van der Waals surface area (Å²) < 4.78 is 33.4. The molecule has 0 aromatic rings. The number of carbonyl (C=O) groups excluding carboxylic acids is 1. The number of esters is 1. The fraction of sp³-hybridized carbons (Fsp3) is 0.977. The number of hydrogen-bond donors (Lipinski definition) is 2. The van der Waals surface area contributed by atoms with Crippen LogP contribution in [-0.4, -0.2) is 49.9 Å². The Morgan fingerprint density at radius 1 is 0.500 bits per heavy atom. The lowest BCUT2D eigenvalue weighted by atomic mass is 10.0. The Balaban J connectivity index is 3.90. The van der Waals surface area contributed by atoms with Crippen LogP contribution in [0.5, 0.6) is 0 Å². The molecule has 0 fully saturated rings. The van der Waals surface area contributed by atoms with Gasteiger partial charge in [0.2, 0.25) is 0 Å². The quantitative estimate of drug-likeness (QED) is 0.0358. The van der Waals surface area contributed by atoms with E-state index < -0.39 is 13.9 Å². The topological polar surface area (TPSA) is 117 Å². The molecule has 0 rings (SSSR count). The second kappa shape index (κ2) is 41.7. The normalized spacial score (nSPS) is 13.4. The smallest absolute Gasteiger partial charge is 0.457 e. The van der Waals surface area contributed by atoms with Crippen molar-refractivity contribution in [1.82, 2.24) is 0 Å². The molecular weight excluding hydrogens is 673 g/mol. The number of unbranched alkanes of at least 4 members (excludes halogenated alkanes) is 31. The lowest BCUT2D eigenvalue weighted by Gasteiger charge is -2.20. The van der Waals surface area contributed by atoms with Gasteiger partial charge in [0, 0.05) is 19.6 Å². The molecule has 0 aromatic heterocycles. The van der Waals surface area contributed by atoms with Crippen molar-refractivity contribution in [3.05, 3.63) is 0 Å². The standard InChI is InChI=1S/C43H88NO7P/c1-3-5-7-9-11-13-15-17-18-19-20-21-22-23-24-25-26-28-30-32-34-36-43(45)51-42(41-50-52(46,47)49-39-37-44)40-48-38-35-33-31-29-27-16-14-12-10-8-6-4-2/h42H,3-41,44H2,1-2H3,(H,46,47). The number of phosphoric acid groups is 1. The summed E-state index contributed by atoms with van der Waals surface area (Å²) in [5.74, 6) is -0.323. The zero-order chi connectivity index (χ0) is 38.1. The maximum Gasteiger partial charge on any atom is 0.472 e. The van der Waals surface area contributed by atoms with Crippen LogP contribution in [0.3, 0.4) is 0 Å². The Labute approximate surface area is 322 Å². The van der Waals surface area contributed by atoms with Gasteiger partial charge in [-0.15, -0.1) is 0 Å². The van der Waals surface area contributed by atoms with Gasteiger partial charge in [0.25, 0.3) is 0 Å². The second-order valence-electron chi connectivity index (χ2n) is 15.3. The largest absolute Gasteiger partial charge is 0.472 e. The molecule has 0 amide bonds. The molecule has 9 heteroatoms. The van der Waals surface area contributed by atoms with Gasteiger partial charge in [0.15, 0.2) is 0 Å². The van der Waals surface area contributed by atoms with E-state index in [-0.39, 0.29) is 32.3 Å². The molecule has 0 spiro atoms. The monoisotopic (exact) mass is 762 g/mol. The lowest BCUT2D eigenvalue weighted by Crippen LogP contribution is -2.28. The van der Waals surface area contributed by atoms with E-state index in [9.17, 15) is 14.3 Å². The van der Waals surface area contributed by atoms with Crippen molar-refractivity contribution in [1.29, 1.82) is 0 Å². The van der Waals surface area contributed by atoms with Crippen molar-refractivity contribution < 1.29 is 32.8 Å². The van der Waals surface area contributed by atoms with Crippen molar-refractivity contribution in [2.45, 2.75) is 238 Å². The van der Waals surface area contributed by atoms with Crippen LogP contribution in [0.2, 0.25) is 0 Å². The molecule has 0 heterocycles. The van der Waals surface area contributed by atoms with Gasteiger partial charge < -0.3 is 20.1 Å². The number of ether oxygens (including phenoxy) is 2. The summed E-state index contributed by atoms with van der Waals surface area (Å²) in [4.78, 5) is 22.5.